The molecule has 0 spiro atoms. The first-order valence-electron chi connectivity index (χ1n) is 5.53. The standard InChI is InChI=1S/C10H17N5O3/c1-8(16)13-9(10(17)18-2)7-11-3-5-15-6-4-12-14-15/h4,6,9,11H,3,5,7H2,1-2H3,(H,13,16). The lowest BCUT2D eigenvalue weighted by molar-refractivity contribution is -0.144. The highest BCUT2D eigenvalue weighted by Gasteiger charge is 2.19. The van der Waals surface area contributed by atoms with Gasteiger partial charge >= 0.3 is 5.97 Å². The van der Waals surface area contributed by atoms with E-state index in [1.54, 1.807) is 17.1 Å². The SMILES string of the molecule is COC(=O)C(CNCCn1ccnn1)NC(C)=O. The predicted octanol–water partition coefficient (Wildman–Crippen LogP) is -1.45. The summed E-state index contributed by atoms with van der Waals surface area (Å²) in [6.07, 6.45) is 3.34. The van der Waals surface area contributed by atoms with Crippen molar-refractivity contribution in [1.82, 2.24) is 25.6 Å². The van der Waals surface area contributed by atoms with Gasteiger partial charge in [0.25, 0.3) is 0 Å². The summed E-state index contributed by atoms with van der Waals surface area (Å²) in [5, 5.41) is 13.0. The molecule has 1 amide bonds. The highest BCUT2D eigenvalue weighted by atomic mass is 16.5. The lowest BCUT2D eigenvalue weighted by Gasteiger charge is -2.15. The number of carbonyl (C=O) groups is 2. The number of aromatic nitrogens is 3. The molecule has 0 saturated carbocycles. The van der Waals surface area contributed by atoms with Crippen molar-refractivity contribution in [2.45, 2.75) is 19.5 Å². The maximum Gasteiger partial charge on any atom is 0.329 e. The molecule has 1 heterocycles. The van der Waals surface area contributed by atoms with E-state index in [1.807, 2.05) is 0 Å². The van der Waals surface area contributed by atoms with Gasteiger partial charge in [-0.1, -0.05) is 5.21 Å². The van der Waals surface area contributed by atoms with Crippen LogP contribution < -0.4 is 10.6 Å². The molecular weight excluding hydrogens is 238 g/mol. The summed E-state index contributed by atoms with van der Waals surface area (Å²) in [6, 6.07) is -0.678. The fourth-order valence-electron chi connectivity index (χ4n) is 1.37. The molecular formula is C10H17N5O3. The Morgan fingerprint density at radius 2 is 2.28 bits per heavy atom. The fourth-order valence-corrected chi connectivity index (χ4v) is 1.37. The van der Waals surface area contributed by atoms with Crippen LogP contribution in [0, 0.1) is 0 Å². The van der Waals surface area contributed by atoms with Crippen LogP contribution in [0.5, 0.6) is 0 Å². The lowest BCUT2D eigenvalue weighted by atomic mass is 10.3. The minimum atomic E-state index is -0.678. The van der Waals surface area contributed by atoms with E-state index in [9.17, 15) is 9.59 Å². The molecule has 1 aromatic heterocycles. The Kier molecular flexibility index (Phi) is 5.78. The summed E-state index contributed by atoms with van der Waals surface area (Å²) in [6.45, 7) is 2.90. The van der Waals surface area contributed by atoms with Crippen LogP contribution in [0.15, 0.2) is 12.4 Å². The van der Waals surface area contributed by atoms with Gasteiger partial charge < -0.3 is 15.4 Å². The normalized spacial score (nSPS) is 11.9. The van der Waals surface area contributed by atoms with Crippen molar-refractivity contribution < 1.29 is 14.3 Å². The molecule has 8 nitrogen and oxygen atoms in total. The number of nitrogens with one attached hydrogen (secondary N) is 2. The molecule has 1 unspecified atom stereocenters. The minimum absolute atomic E-state index is 0.275. The average molecular weight is 255 g/mol. The first-order chi connectivity index (χ1) is 8.63. The van der Waals surface area contributed by atoms with Crippen LogP contribution in [0.25, 0.3) is 0 Å². The van der Waals surface area contributed by atoms with Gasteiger partial charge in [-0.3, -0.25) is 9.48 Å². The van der Waals surface area contributed by atoms with E-state index in [0.29, 0.717) is 19.6 Å². The summed E-state index contributed by atoms with van der Waals surface area (Å²) in [5.41, 5.74) is 0. The molecule has 2 N–H and O–H groups in total. The first kappa shape index (κ1) is 14.1. The van der Waals surface area contributed by atoms with Crippen molar-refractivity contribution in [3.63, 3.8) is 0 Å². The Morgan fingerprint density at radius 1 is 1.50 bits per heavy atom. The third-order valence-corrected chi connectivity index (χ3v) is 2.20. The van der Waals surface area contributed by atoms with E-state index in [4.69, 9.17) is 0 Å². The Balaban J connectivity index is 2.28. The summed E-state index contributed by atoms with van der Waals surface area (Å²) >= 11 is 0. The zero-order chi connectivity index (χ0) is 13.4. The smallest absolute Gasteiger partial charge is 0.329 e. The molecule has 0 saturated heterocycles. The summed E-state index contributed by atoms with van der Waals surface area (Å²) in [4.78, 5) is 22.3. The van der Waals surface area contributed by atoms with E-state index in [-0.39, 0.29) is 5.91 Å². The van der Waals surface area contributed by atoms with Gasteiger partial charge in [-0.2, -0.15) is 0 Å². The third kappa shape index (κ3) is 4.91. The number of ether oxygens (including phenoxy) is 1. The Labute approximate surface area is 105 Å². The molecule has 1 rings (SSSR count). The number of esters is 1. The van der Waals surface area contributed by atoms with Crippen molar-refractivity contribution in [2.24, 2.45) is 0 Å². The van der Waals surface area contributed by atoms with Crippen molar-refractivity contribution in [3.05, 3.63) is 12.4 Å². The maximum atomic E-state index is 11.4. The number of amides is 1. The largest absolute Gasteiger partial charge is 0.467 e. The van der Waals surface area contributed by atoms with Gasteiger partial charge in [0.15, 0.2) is 0 Å². The van der Waals surface area contributed by atoms with Crippen molar-refractivity contribution >= 4 is 11.9 Å². The molecule has 0 aliphatic rings. The number of nitrogens with zero attached hydrogens (tertiary/aromatic N) is 3. The second-order valence-corrected chi connectivity index (χ2v) is 3.65. The van der Waals surface area contributed by atoms with Crippen LogP contribution in [0.3, 0.4) is 0 Å². The monoisotopic (exact) mass is 255 g/mol. The first-order valence-corrected chi connectivity index (χ1v) is 5.53. The molecule has 8 heteroatoms. The summed E-state index contributed by atoms with van der Waals surface area (Å²) in [7, 11) is 1.28. The molecule has 1 atom stereocenters. The molecule has 1 aromatic rings. The van der Waals surface area contributed by atoms with E-state index in [0.717, 1.165) is 0 Å². The van der Waals surface area contributed by atoms with E-state index >= 15 is 0 Å². The number of hydrogen-bond donors (Lipinski definition) is 2. The second kappa shape index (κ2) is 7.38. The Bertz CT molecular complexity index is 379. The van der Waals surface area contributed by atoms with Gasteiger partial charge in [-0.05, 0) is 0 Å². The van der Waals surface area contributed by atoms with Gasteiger partial charge in [0.05, 0.1) is 19.9 Å². The number of methoxy groups -OCH3 is 1. The van der Waals surface area contributed by atoms with Crippen LogP contribution in [-0.4, -0.2) is 53.1 Å². The second-order valence-electron chi connectivity index (χ2n) is 3.65. The molecule has 0 aliphatic heterocycles. The van der Waals surface area contributed by atoms with Gasteiger partial charge in [-0.15, -0.1) is 5.10 Å². The van der Waals surface area contributed by atoms with Gasteiger partial charge in [-0.25, -0.2) is 4.79 Å². The van der Waals surface area contributed by atoms with Crippen molar-refractivity contribution in [2.75, 3.05) is 20.2 Å². The van der Waals surface area contributed by atoms with Crippen LogP contribution >= 0.6 is 0 Å². The molecule has 0 fully saturated rings. The lowest BCUT2D eigenvalue weighted by Crippen LogP contribution is -2.47. The summed E-state index contributed by atoms with van der Waals surface area (Å²) in [5.74, 6) is -0.748. The fraction of sp³-hybridized carbons (Fsp3) is 0.600. The Morgan fingerprint density at radius 3 is 2.83 bits per heavy atom. The average Bonchev–Trinajstić information content (AvgIpc) is 2.84. The highest BCUT2D eigenvalue weighted by molar-refractivity contribution is 5.83. The van der Waals surface area contributed by atoms with Crippen LogP contribution in [-0.2, 0) is 20.9 Å². The van der Waals surface area contributed by atoms with Crippen LogP contribution in [0.2, 0.25) is 0 Å². The van der Waals surface area contributed by atoms with E-state index in [2.05, 4.69) is 25.7 Å². The molecule has 0 aromatic carbocycles. The molecule has 100 valence electrons. The number of hydrogen-bond acceptors (Lipinski definition) is 6. The van der Waals surface area contributed by atoms with Gasteiger partial charge in [0, 0.05) is 26.2 Å². The highest BCUT2D eigenvalue weighted by Crippen LogP contribution is 1.87. The number of rotatable bonds is 7. The zero-order valence-corrected chi connectivity index (χ0v) is 10.4. The molecule has 0 aliphatic carbocycles. The third-order valence-electron chi connectivity index (χ3n) is 2.20. The van der Waals surface area contributed by atoms with Gasteiger partial charge in [0.1, 0.15) is 6.04 Å². The molecule has 0 radical (unpaired) electrons. The molecule has 0 bridgehead atoms. The van der Waals surface area contributed by atoms with Gasteiger partial charge in [0.2, 0.25) is 5.91 Å². The topological polar surface area (TPSA) is 98.1 Å². The Hall–Kier alpha value is -1.96. The minimum Gasteiger partial charge on any atom is -0.467 e. The van der Waals surface area contributed by atoms with Crippen LogP contribution in [0.4, 0.5) is 0 Å². The summed E-state index contributed by atoms with van der Waals surface area (Å²) < 4.78 is 6.26. The molecule has 18 heavy (non-hydrogen) atoms. The van der Waals surface area contributed by atoms with E-state index < -0.39 is 12.0 Å². The van der Waals surface area contributed by atoms with Crippen LogP contribution in [0.1, 0.15) is 6.92 Å². The van der Waals surface area contributed by atoms with Crippen molar-refractivity contribution in [3.8, 4) is 0 Å². The quantitative estimate of drug-likeness (QED) is 0.457. The predicted molar refractivity (Wildman–Crippen MR) is 62.5 cm³/mol. The number of carbonyl (C=O) groups excluding carboxylic acids is 2. The van der Waals surface area contributed by atoms with Crippen molar-refractivity contribution in [1.29, 1.82) is 0 Å². The zero-order valence-electron chi connectivity index (χ0n) is 10.4. The maximum absolute atomic E-state index is 11.4. The van der Waals surface area contributed by atoms with E-state index in [1.165, 1.54) is 14.0 Å².